The van der Waals surface area contributed by atoms with E-state index >= 15 is 0 Å². The minimum atomic E-state index is -3.32. The van der Waals surface area contributed by atoms with Gasteiger partial charge in [-0.2, -0.15) is 0 Å². The van der Waals surface area contributed by atoms with Crippen LogP contribution < -0.4 is 10.0 Å². The number of hydrogen-bond acceptors (Lipinski definition) is 5. The van der Waals surface area contributed by atoms with Gasteiger partial charge in [0.05, 0.1) is 11.4 Å². The first-order chi connectivity index (χ1) is 13.8. The molecule has 1 aromatic heterocycles. The van der Waals surface area contributed by atoms with E-state index in [1.807, 2.05) is 0 Å². The zero-order valence-corrected chi connectivity index (χ0v) is 17.5. The Kier molecular flexibility index (Phi) is 6.31. The van der Waals surface area contributed by atoms with Crippen molar-refractivity contribution in [3.63, 3.8) is 0 Å². The normalized spacial score (nSPS) is 11.4. The van der Waals surface area contributed by atoms with E-state index < -0.39 is 15.9 Å². The van der Waals surface area contributed by atoms with Gasteiger partial charge in [-0.05, 0) is 49.4 Å². The number of aryl methyl sites for hydroxylation is 1. The number of hydrogen-bond donors (Lipinski definition) is 2. The molecule has 1 amide bonds. The summed E-state index contributed by atoms with van der Waals surface area (Å²) in [4.78, 5) is 16.6. The van der Waals surface area contributed by atoms with Crippen LogP contribution in [-0.2, 0) is 22.3 Å². The lowest BCUT2D eigenvalue weighted by atomic mass is 10.1. The Morgan fingerprint density at radius 3 is 2.31 bits per heavy atom. The van der Waals surface area contributed by atoms with Crippen molar-refractivity contribution in [3.05, 3.63) is 76.3 Å². The standard InChI is InChI=1S/C19H20ClN5O3S/c1-13-23-18(24-25(13)17-9-7-16(20)8-10-17)19(26)22-11-14-3-5-15(6-4-14)12-29(27,28)21-2/h3-10,21H,11-12H2,1-2H3,(H,22,26). The Morgan fingerprint density at radius 2 is 1.69 bits per heavy atom. The molecule has 0 radical (unpaired) electrons. The first kappa shape index (κ1) is 21.0. The molecule has 0 aliphatic heterocycles. The minimum absolute atomic E-state index is 0.0641. The van der Waals surface area contributed by atoms with E-state index in [2.05, 4.69) is 20.1 Å². The van der Waals surface area contributed by atoms with Crippen LogP contribution in [0.3, 0.4) is 0 Å². The molecule has 29 heavy (non-hydrogen) atoms. The molecule has 10 heteroatoms. The van der Waals surface area contributed by atoms with Crippen LogP contribution in [0.25, 0.3) is 5.69 Å². The lowest BCUT2D eigenvalue weighted by Gasteiger charge is -2.06. The predicted octanol–water partition coefficient (Wildman–Crippen LogP) is 2.21. The zero-order chi connectivity index (χ0) is 21.0. The summed E-state index contributed by atoms with van der Waals surface area (Å²) in [5.41, 5.74) is 2.25. The molecule has 0 saturated carbocycles. The first-order valence-corrected chi connectivity index (χ1v) is 10.8. The van der Waals surface area contributed by atoms with Crippen molar-refractivity contribution in [2.45, 2.75) is 19.2 Å². The summed E-state index contributed by atoms with van der Waals surface area (Å²) in [6, 6.07) is 14.0. The van der Waals surface area contributed by atoms with E-state index in [1.54, 1.807) is 60.1 Å². The van der Waals surface area contributed by atoms with Gasteiger partial charge in [-0.15, -0.1) is 5.10 Å². The molecular formula is C19H20ClN5O3S. The van der Waals surface area contributed by atoms with Crippen molar-refractivity contribution in [2.24, 2.45) is 0 Å². The van der Waals surface area contributed by atoms with Gasteiger partial charge in [0.1, 0.15) is 5.82 Å². The lowest BCUT2D eigenvalue weighted by Crippen LogP contribution is -2.24. The maximum atomic E-state index is 12.4. The van der Waals surface area contributed by atoms with E-state index in [9.17, 15) is 13.2 Å². The van der Waals surface area contributed by atoms with Crippen molar-refractivity contribution in [3.8, 4) is 5.69 Å². The quantitative estimate of drug-likeness (QED) is 0.594. The third-order valence-electron chi connectivity index (χ3n) is 4.19. The summed E-state index contributed by atoms with van der Waals surface area (Å²) in [6.45, 7) is 2.03. The van der Waals surface area contributed by atoms with Gasteiger partial charge in [-0.3, -0.25) is 4.79 Å². The summed E-state index contributed by atoms with van der Waals surface area (Å²) in [6.07, 6.45) is 0. The minimum Gasteiger partial charge on any atom is -0.345 e. The van der Waals surface area contributed by atoms with Gasteiger partial charge >= 0.3 is 0 Å². The van der Waals surface area contributed by atoms with E-state index in [0.717, 1.165) is 11.3 Å². The van der Waals surface area contributed by atoms with Crippen LogP contribution in [-0.4, -0.2) is 36.1 Å². The summed E-state index contributed by atoms with van der Waals surface area (Å²) in [7, 11) is -1.94. The SMILES string of the molecule is CNS(=O)(=O)Cc1ccc(CNC(=O)c2nc(C)n(-c3ccc(Cl)cc3)n2)cc1. The molecule has 0 atom stereocenters. The van der Waals surface area contributed by atoms with Gasteiger partial charge in [-0.25, -0.2) is 22.8 Å². The maximum Gasteiger partial charge on any atom is 0.291 e. The molecule has 8 nitrogen and oxygen atoms in total. The number of carbonyl (C=O) groups excluding carboxylic acids is 1. The van der Waals surface area contributed by atoms with Crippen LogP contribution in [0.4, 0.5) is 0 Å². The third kappa shape index (κ3) is 5.41. The summed E-state index contributed by atoms with van der Waals surface area (Å²) < 4.78 is 27.0. The molecule has 0 bridgehead atoms. The molecule has 0 aliphatic rings. The number of carbonyl (C=O) groups is 1. The smallest absolute Gasteiger partial charge is 0.291 e. The van der Waals surface area contributed by atoms with Crippen LogP contribution in [0.5, 0.6) is 0 Å². The van der Waals surface area contributed by atoms with E-state index in [4.69, 9.17) is 11.6 Å². The molecule has 0 unspecified atom stereocenters. The second kappa shape index (κ2) is 8.73. The Labute approximate surface area is 174 Å². The third-order valence-corrected chi connectivity index (χ3v) is 5.77. The average Bonchev–Trinajstić information content (AvgIpc) is 3.09. The Hall–Kier alpha value is -2.75. The van der Waals surface area contributed by atoms with Gasteiger partial charge in [0.2, 0.25) is 15.8 Å². The van der Waals surface area contributed by atoms with Crippen molar-refractivity contribution in [2.75, 3.05) is 7.05 Å². The highest BCUT2D eigenvalue weighted by atomic mass is 35.5. The summed E-state index contributed by atoms with van der Waals surface area (Å²) >= 11 is 5.90. The second-order valence-corrected chi connectivity index (χ2v) is 8.70. The number of rotatable bonds is 7. The van der Waals surface area contributed by atoms with Gasteiger partial charge in [0, 0.05) is 11.6 Å². The first-order valence-electron chi connectivity index (χ1n) is 8.74. The fourth-order valence-corrected chi connectivity index (χ4v) is 3.52. The van der Waals surface area contributed by atoms with Crippen LogP contribution in [0, 0.1) is 6.92 Å². The fraction of sp³-hybridized carbons (Fsp3) is 0.211. The molecule has 2 N–H and O–H groups in total. The Bertz CT molecular complexity index is 1110. The molecule has 0 spiro atoms. The second-order valence-electron chi connectivity index (χ2n) is 6.33. The van der Waals surface area contributed by atoms with Crippen LogP contribution in [0.15, 0.2) is 48.5 Å². The molecule has 1 heterocycles. The molecule has 152 valence electrons. The zero-order valence-electron chi connectivity index (χ0n) is 15.9. The van der Waals surface area contributed by atoms with Crippen molar-refractivity contribution in [1.29, 1.82) is 0 Å². The van der Waals surface area contributed by atoms with Crippen molar-refractivity contribution in [1.82, 2.24) is 24.8 Å². The van der Waals surface area contributed by atoms with Crippen molar-refractivity contribution < 1.29 is 13.2 Å². The van der Waals surface area contributed by atoms with Crippen molar-refractivity contribution >= 4 is 27.5 Å². The molecule has 3 rings (SSSR count). The Morgan fingerprint density at radius 1 is 1.07 bits per heavy atom. The summed E-state index contributed by atoms with van der Waals surface area (Å²) in [5.74, 6) is 0.144. The van der Waals surface area contributed by atoms with Gasteiger partial charge < -0.3 is 5.32 Å². The van der Waals surface area contributed by atoms with Gasteiger partial charge in [0.25, 0.3) is 5.91 Å². The van der Waals surface area contributed by atoms with E-state index in [0.29, 0.717) is 16.4 Å². The molecular weight excluding hydrogens is 414 g/mol. The largest absolute Gasteiger partial charge is 0.345 e. The number of halogens is 1. The van der Waals surface area contributed by atoms with Gasteiger partial charge in [-0.1, -0.05) is 35.9 Å². The number of aromatic nitrogens is 3. The molecule has 0 saturated heterocycles. The monoisotopic (exact) mass is 433 g/mol. The number of sulfonamides is 1. The molecule has 0 aliphatic carbocycles. The average molecular weight is 434 g/mol. The lowest BCUT2D eigenvalue weighted by molar-refractivity contribution is 0.0940. The van der Waals surface area contributed by atoms with Gasteiger partial charge in [0.15, 0.2) is 0 Å². The fourth-order valence-electron chi connectivity index (χ4n) is 2.62. The maximum absolute atomic E-state index is 12.4. The van der Waals surface area contributed by atoms with E-state index in [-0.39, 0.29) is 18.1 Å². The number of nitrogens with zero attached hydrogens (tertiary/aromatic N) is 3. The number of nitrogens with one attached hydrogen (secondary N) is 2. The highest BCUT2D eigenvalue weighted by Crippen LogP contribution is 2.14. The molecule has 0 fully saturated rings. The predicted molar refractivity (Wildman–Crippen MR) is 110 cm³/mol. The van der Waals surface area contributed by atoms with Crippen LogP contribution >= 0.6 is 11.6 Å². The van der Waals surface area contributed by atoms with E-state index in [1.165, 1.54) is 7.05 Å². The van der Waals surface area contributed by atoms with Crippen LogP contribution in [0.1, 0.15) is 27.6 Å². The van der Waals surface area contributed by atoms with Crippen LogP contribution in [0.2, 0.25) is 5.02 Å². The number of benzene rings is 2. The molecule has 3 aromatic rings. The highest BCUT2D eigenvalue weighted by molar-refractivity contribution is 7.88. The molecule has 2 aromatic carbocycles. The highest BCUT2D eigenvalue weighted by Gasteiger charge is 2.15. The summed E-state index contributed by atoms with van der Waals surface area (Å²) in [5, 5.41) is 7.64. The topological polar surface area (TPSA) is 106 Å². The number of amides is 1. The Balaban J connectivity index is 1.64.